The molecule has 7 nitrogen and oxygen atoms in total. The van der Waals surface area contributed by atoms with Crippen LogP contribution in [0.25, 0.3) is 0 Å². The van der Waals surface area contributed by atoms with Gasteiger partial charge in [-0.2, -0.15) is 5.10 Å². The molecule has 0 saturated carbocycles. The minimum atomic E-state index is -1.10. The standard InChI is InChI=1S/C17H21FN4O3/c18-14-3-1-4-15(9-14)25-11-17(24)6-8-21(10-17)16(23)5-2-7-22-13-19-12-20-22/h1,3-4,9,12-13,24H,2,5-8,10-11H2/t17-/m1/s1. The number of likely N-dealkylation sites (tertiary alicyclic amines) is 1. The zero-order chi connectivity index (χ0) is 17.7. The molecule has 1 aliphatic rings. The fourth-order valence-electron chi connectivity index (χ4n) is 2.86. The highest BCUT2D eigenvalue weighted by atomic mass is 19.1. The maximum absolute atomic E-state index is 13.1. The Morgan fingerprint density at radius 3 is 3.08 bits per heavy atom. The molecule has 1 N–H and O–H groups in total. The number of β-amino-alcohol motifs (C(OH)–C–C–N with tert-alkyl or cyclic N) is 1. The summed E-state index contributed by atoms with van der Waals surface area (Å²) in [5, 5.41) is 14.6. The first-order chi connectivity index (χ1) is 12.0. The second kappa shape index (κ2) is 7.60. The van der Waals surface area contributed by atoms with Crippen LogP contribution in [-0.2, 0) is 11.3 Å². The van der Waals surface area contributed by atoms with Crippen molar-refractivity contribution < 1.29 is 19.0 Å². The number of benzene rings is 1. The van der Waals surface area contributed by atoms with Gasteiger partial charge in [-0.15, -0.1) is 0 Å². The number of rotatable bonds is 7. The van der Waals surface area contributed by atoms with Gasteiger partial charge in [-0.3, -0.25) is 9.48 Å². The third-order valence-electron chi connectivity index (χ3n) is 4.23. The van der Waals surface area contributed by atoms with E-state index in [0.29, 0.717) is 38.1 Å². The Kier molecular flexibility index (Phi) is 5.28. The van der Waals surface area contributed by atoms with Gasteiger partial charge < -0.3 is 14.7 Å². The molecule has 1 saturated heterocycles. The normalized spacial score (nSPS) is 20.0. The van der Waals surface area contributed by atoms with Crippen molar-refractivity contribution in [3.05, 3.63) is 42.7 Å². The number of nitrogens with zero attached hydrogens (tertiary/aromatic N) is 4. The van der Waals surface area contributed by atoms with E-state index in [2.05, 4.69) is 10.1 Å². The fraction of sp³-hybridized carbons (Fsp3) is 0.471. The molecule has 2 aromatic rings. The van der Waals surface area contributed by atoms with Gasteiger partial charge in [-0.25, -0.2) is 9.37 Å². The van der Waals surface area contributed by atoms with Crippen molar-refractivity contribution in [2.45, 2.75) is 31.4 Å². The van der Waals surface area contributed by atoms with E-state index in [1.54, 1.807) is 28.0 Å². The van der Waals surface area contributed by atoms with Gasteiger partial charge >= 0.3 is 0 Å². The van der Waals surface area contributed by atoms with Crippen molar-refractivity contribution in [2.24, 2.45) is 0 Å². The van der Waals surface area contributed by atoms with E-state index in [1.165, 1.54) is 18.5 Å². The number of halogens is 1. The molecular formula is C17H21FN4O3. The van der Waals surface area contributed by atoms with Crippen LogP contribution >= 0.6 is 0 Å². The lowest BCUT2D eigenvalue weighted by molar-refractivity contribution is -0.131. The molecule has 0 bridgehead atoms. The van der Waals surface area contributed by atoms with Crippen LogP contribution in [0.15, 0.2) is 36.9 Å². The van der Waals surface area contributed by atoms with Crippen molar-refractivity contribution in [3.8, 4) is 5.75 Å². The number of carbonyl (C=O) groups excluding carboxylic acids is 1. The zero-order valence-electron chi connectivity index (χ0n) is 13.8. The Balaban J connectivity index is 1.44. The maximum Gasteiger partial charge on any atom is 0.222 e. The lowest BCUT2D eigenvalue weighted by Gasteiger charge is -2.23. The number of hydrogen-bond acceptors (Lipinski definition) is 5. The molecule has 0 aliphatic carbocycles. The number of aliphatic hydroxyl groups is 1. The van der Waals surface area contributed by atoms with Crippen LogP contribution in [-0.4, -0.2) is 56.0 Å². The predicted molar refractivity (Wildman–Crippen MR) is 87.3 cm³/mol. The van der Waals surface area contributed by atoms with E-state index in [1.807, 2.05) is 0 Å². The van der Waals surface area contributed by atoms with Gasteiger partial charge in [0.25, 0.3) is 0 Å². The number of ether oxygens (including phenoxy) is 1. The maximum atomic E-state index is 13.1. The van der Waals surface area contributed by atoms with Crippen molar-refractivity contribution in [1.82, 2.24) is 19.7 Å². The summed E-state index contributed by atoms with van der Waals surface area (Å²) in [6.45, 7) is 1.38. The SMILES string of the molecule is O=C(CCCn1cncn1)N1CC[C@](O)(COc2cccc(F)c2)C1. The van der Waals surface area contributed by atoms with Gasteiger partial charge in [0.1, 0.15) is 36.4 Å². The van der Waals surface area contributed by atoms with Crippen LogP contribution in [0.5, 0.6) is 5.75 Å². The molecule has 8 heteroatoms. The first kappa shape index (κ1) is 17.3. The van der Waals surface area contributed by atoms with Gasteiger partial charge in [-0.05, 0) is 25.0 Å². The minimum Gasteiger partial charge on any atom is -0.490 e. The highest BCUT2D eigenvalue weighted by molar-refractivity contribution is 5.76. The Labute approximate surface area is 145 Å². The predicted octanol–water partition coefficient (Wildman–Crippen LogP) is 1.24. The molecule has 3 rings (SSSR count). The van der Waals surface area contributed by atoms with Gasteiger partial charge in [0, 0.05) is 25.6 Å². The van der Waals surface area contributed by atoms with Gasteiger partial charge in [0.15, 0.2) is 0 Å². The lowest BCUT2D eigenvalue weighted by atomic mass is 10.1. The number of carbonyl (C=O) groups is 1. The first-order valence-electron chi connectivity index (χ1n) is 8.25. The number of hydrogen-bond donors (Lipinski definition) is 1. The summed E-state index contributed by atoms with van der Waals surface area (Å²) in [6, 6.07) is 5.78. The van der Waals surface area contributed by atoms with Crippen molar-refractivity contribution in [3.63, 3.8) is 0 Å². The van der Waals surface area contributed by atoms with Crippen LogP contribution in [0.3, 0.4) is 0 Å². The smallest absolute Gasteiger partial charge is 0.222 e. The second-order valence-electron chi connectivity index (χ2n) is 6.30. The summed E-state index contributed by atoms with van der Waals surface area (Å²) in [6.07, 6.45) is 4.57. The molecule has 1 aromatic heterocycles. The average molecular weight is 348 g/mol. The number of aryl methyl sites for hydroxylation is 1. The summed E-state index contributed by atoms with van der Waals surface area (Å²) < 4.78 is 20.3. The molecule has 0 unspecified atom stereocenters. The third kappa shape index (κ3) is 4.76. The molecule has 1 aliphatic heterocycles. The Morgan fingerprint density at radius 1 is 1.44 bits per heavy atom. The van der Waals surface area contributed by atoms with E-state index < -0.39 is 5.60 Å². The molecule has 25 heavy (non-hydrogen) atoms. The summed E-state index contributed by atoms with van der Waals surface area (Å²) >= 11 is 0. The Hall–Kier alpha value is -2.48. The quantitative estimate of drug-likeness (QED) is 0.814. The molecule has 1 aromatic carbocycles. The Bertz CT molecular complexity index is 710. The summed E-state index contributed by atoms with van der Waals surface area (Å²) in [7, 11) is 0. The van der Waals surface area contributed by atoms with E-state index in [-0.39, 0.29) is 24.9 Å². The molecule has 0 spiro atoms. The summed E-state index contributed by atoms with van der Waals surface area (Å²) in [4.78, 5) is 17.8. The van der Waals surface area contributed by atoms with Crippen LogP contribution in [0.1, 0.15) is 19.3 Å². The van der Waals surface area contributed by atoms with Crippen molar-refractivity contribution >= 4 is 5.91 Å². The van der Waals surface area contributed by atoms with E-state index in [0.717, 1.165) is 0 Å². The highest BCUT2D eigenvalue weighted by Crippen LogP contribution is 2.24. The Morgan fingerprint density at radius 2 is 2.32 bits per heavy atom. The lowest BCUT2D eigenvalue weighted by Crippen LogP contribution is -2.40. The van der Waals surface area contributed by atoms with Gasteiger partial charge in [0.2, 0.25) is 5.91 Å². The molecule has 2 heterocycles. The number of amides is 1. The van der Waals surface area contributed by atoms with Crippen molar-refractivity contribution in [2.75, 3.05) is 19.7 Å². The van der Waals surface area contributed by atoms with Crippen LogP contribution in [0.4, 0.5) is 4.39 Å². The third-order valence-corrected chi connectivity index (χ3v) is 4.23. The molecular weight excluding hydrogens is 327 g/mol. The van der Waals surface area contributed by atoms with Crippen LogP contribution in [0, 0.1) is 5.82 Å². The fourth-order valence-corrected chi connectivity index (χ4v) is 2.86. The monoisotopic (exact) mass is 348 g/mol. The highest BCUT2D eigenvalue weighted by Gasteiger charge is 2.38. The van der Waals surface area contributed by atoms with E-state index >= 15 is 0 Å². The van der Waals surface area contributed by atoms with Crippen LogP contribution in [0.2, 0.25) is 0 Å². The largest absolute Gasteiger partial charge is 0.490 e. The van der Waals surface area contributed by atoms with Crippen LogP contribution < -0.4 is 4.74 Å². The molecule has 134 valence electrons. The van der Waals surface area contributed by atoms with E-state index in [9.17, 15) is 14.3 Å². The summed E-state index contributed by atoms with van der Waals surface area (Å²) in [5.41, 5.74) is -1.10. The second-order valence-corrected chi connectivity index (χ2v) is 6.30. The molecule has 1 amide bonds. The molecule has 1 atom stereocenters. The molecule has 1 fully saturated rings. The minimum absolute atomic E-state index is 0.00166. The first-order valence-corrected chi connectivity index (χ1v) is 8.25. The topological polar surface area (TPSA) is 80.5 Å². The van der Waals surface area contributed by atoms with Gasteiger partial charge in [-0.1, -0.05) is 6.07 Å². The number of aromatic nitrogens is 3. The van der Waals surface area contributed by atoms with Gasteiger partial charge in [0.05, 0.1) is 6.54 Å². The van der Waals surface area contributed by atoms with Crippen molar-refractivity contribution in [1.29, 1.82) is 0 Å². The zero-order valence-corrected chi connectivity index (χ0v) is 13.8. The average Bonchev–Trinajstić information content (AvgIpc) is 3.23. The molecule has 0 radical (unpaired) electrons. The van der Waals surface area contributed by atoms with E-state index in [4.69, 9.17) is 4.74 Å². The summed E-state index contributed by atoms with van der Waals surface area (Å²) in [5.74, 6) is -0.0204.